The standard InChI is InChI=1S/C12H18N2O2/c1-10(8-12(15)16-3)14(2)9-11-4-6-13-7-5-11/h4-7,10H,8-9H2,1-3H3. The largest absolute Gasteiger partial charge is 0.469 e. The molecule has 0 fully saturated rings. The maximum Gasteiger partial charge on any atom is 0.307 e. The Morgan fingerprint density at radius 1 is 1.50 bits per heavy atom. The zero-order valence-corrected chi connectivity index (χ0v) is 10.0. The number of hydrogen-bond acceptors (Lipinski definition) is 4. The van der Waals surface area contributed by atoms with Crippen molar-refractivity contribution in [2.75, 3.05) is 14.2 Å². The van der Waals surface area contributed by atoms with Crippen LogP contribution in [0.2, 0.25) is 0 Å². The number of esters is 1. The van der Waals surface area contributed by atoms with E-state index < -0.39 is 0 Å². The summed E-state index contributed by atoms with van der Waals surface area (Å²) >= 11 is 0. The van der Waals surface area contributed by atoms with E-state index in [9.17, 15) is 4.79 Å². The number of hydrogen-bond donors (Lipinski definition) is 0. The first kappa shape index (κ1) is 12.6. The lowest BCUT2D eigenvalue weighted by Crippen LogP contribution is -2.31. The van der Waals surface area contributed by atoms with Gasteiger partial charge < -0.3 is 4.74 Å². The van der Waals surface area contributed by atoms with Gasteiger partial charge in [0, 0.05) is 25.0 Å². The topological polar surface area (TPSA) is 42.4 Å². The average Bonchev–Trinajstić information content (AvgIpc) is 2.30. The molecule has 4 nitrogen and oxygen atoms in total. The van der Waals surface area contributed by atoms with Gasteiger partial charge in [-0.05, 0) is 31.7 Å². The quantitative estimate of drug-likeness (QED) is 0.707. The van der Waals surface area contributed by atoms with Crippen LogP contribution in [0.4, 0.5) is 0 Å². The van der Waals surface area contributed by atoms with E-state index in [1.165, 1.54) is 12.7 Å². The minimum absolute atomic E-state index is 0.167. The van der Waals surface area contributed by atoms with E-state index in [1.807, 2.05) is 26.1 Å². The molecular weight excluding hydrogens is 204 g/mol. The lowest BCUT2D eigenvalue weighted by atomic mass is 10.2. The summed E-state index contributed by atoms with van der Waals surface area (Å²) in [5.41, 5.74) is 1.19. The molecule has 0 bridgehead atoms. The summed E-state index contributed by atoms with van der Waals surface area (Å²) in [6, 6.07) is 4.11. The Morgan fingerprint density at radius 3 is 2.69 bits per heavy atom. The Labute approximate surface area is 96.2 Å². The predicted molar refractivity (Wildman–Crippen MR) is 61.8 cm³/mol. The third-order valence-electron chi connectivity index (χ3n) is 2.62. The highest BCUT2D eigenvalue weighted by atomic mass is 16.5. The van der Waals surface area contributed by atoms with Crippen LogP contribution < -0.4 is 0 Å². The first-order valence-corrected chi connectivity index (χ1v) is 5.29. The number of aromatic nitrogens is 1. The van der Waals surface area contributed by atoms with Crippen molar-refractivity contribution in [2.45, 2.75) is 25.9 Å². The van der Waals surface area contributed by atoms with Crippen LogP contribution in [-0.2, 0) is 16.1 Å². The molecule has 0 saturated carbocycles. The molecule has 1 aromatic rings. The lowest BCUT2D eigenvalue weighted by molar-refractivity contribution is -0.141. The Kier molecular flexibility index (Phi) is 4.92. The van der Waals surface area contributed by atoms with Crippen molar-refractivity contribution in [3.8, 4) is 0 Å². The van der Waals surface area contributed by atoms with Crippen molar-refractivity contribution in [2.24, 2.45) is 0 Å². The molecule has 0 radical (unpaired) electrons. The SMILES string of the molecule is COC(=O)CC(C)N(C)Cc1ccncc1. The van der Waals surface area contributed by atoms with Crippen LogP contribution in [0.25, 0.3) is 0 Å². The molecule has 0 aliphatic rings. The third kappa shape index (κ3) is 3.98. The van der Waals surface area contributed by atoms with Gasteiger partial charge in [0.15, 0.2) is 0 Å². The molecule has 1 heterocycles. The molecule has 88 valence electrons. The molecule has 16 heavy (non-hydrogen) atoms. The zero-order chi connectivity index (χ0) is 12.0. The molecule has 1 aromatic heterocycles. The molecule has 0 aliphatic carbocycles. The smallest absolute Gasteiger partial charge is 0.307 e. The molecule has 1 unspecified atom stereocenters. The van der Waals surface area contributed by atoms with Gasteiger partial charge in [-0.25, -0.2) is 0 Å². The number of methoxy groups -OCH3 is 1. The Bertz CT molecular complexity index is 327. The third-order valence-corrected chi connectivity index (χ3v) is 2.62. The lowest BCUT2D eigenvalue weighted by Gasteiger charge is -2.23. The number of rotatable bonds is 5. The second-order valence-electron chi connectivity index (χ2n) is 3.90. The van der Waals surface area contributed by atoms with Gasteiger partial charge in [-0.3, -0.25) is 14.7 Å². The van der Waals surface area contributed by atoms with Crippen LogP contribution in [-0.4, -0.2) is 36.1 Å². The summed E-state index contributed by atoms with van der Waals surface area (Å²) in [5, 5.41) is 0. The summed E-state index contributed by atoms with van der Waals surface area (Å²) in [7, 11) is 3.41. The molecule has 1 atom stereocenters. The molecule has 0 saturated heterocycles. The fourth-order valence-corrected chi connectivity index (χ4v) is 1.41. The first-order chi connectivity index (χ1) is 7.63. The van der Waals surface area contributed by atoms with E-state index in [-0.39, 0.29) is 12.0 Å². The summed E-state index contributed by atoms with van der Waals surface area (Å²) in [6.07, 6.45) is 3.96. The zero-order valence-electron chi connectivity index (χ0n) is 10.0. The highest BCUT2D eigenvalue weighted by molar-refractivity contribution is 5.69. The van der Waals surface area contributed by atoms with Gasteiger partial charge in [0.25, 0.3) is 0 Å². The second-order valence-corrected chi connectivity index (χ2v) is 3.90. The monoisotopic (exact) mass is 222 g/mol. The summed E-state index contributed by atoms with van der Waals surface area (Å²) < 4.78 is 4.65. The van der Waals surface area contributed by atoms with Gasteiger partial charge in [0.1, 0.15) is 0 Å². The van der Waals surface area contributed by atoms with E-state index in [1.54, 1.807) is 12.4 Å². The number of ether oxygens (including phenoxy) is 1. The number of carbonyl (C=O) groups is 1. The van der Waals surface area contributed by atoms with Crippen LogP contribution in [0.1, 0.15) is 18.9 Å². The van der Waals surface area contributed by atoms with Crippen LogP contribution >= 0.6 is 0 Å². The fourth-order valence-electron chi connectivity index (χ4n) is 1.41. The van der Waals surface area contributed by atoms with Gasteiger partial charge in [-0.15, -0.1) is 0 Å². The Hall–Kier alpha value is -1.42. The van der Waals surface area contributed by atoms with Crippen molar-refractivity contribution in [1.29, 1.82) is 0 Å². The summed E-state index contributed by atoms with van der Waals surface area (Å²) in [6.45, 7) is 2.82. The summed E-state index contributed by atoms with van der Waals surface area (Å²) in [5.74, 6) is -0.172. The van der Waals surface area contributed by atoms with Crippen molar-refractivity contribution in [3.05, 3.63) is 30.1 Å². The average molecular weight is 222 g/mol. The number of nitrogens with zero attached hydrogens (tertiary/aromatic N) is 2. The van der Waals surface area contributed by atoms with Gasteiger partial charge in [-0.2, -0.15) is 0 Å². The second kappa shape index (κ2) is 6.23. The molecule has 0 N–H and O–H groups in total. The van der Waals surface area contributed by atoms with E-state index in [0.717, 1.165) is 6.54 Å². The minimum atomic E-state index is -0.172. The molecule has 4 heteroatoms. The number of carbonyl (C=O) groups excluding carboxylic acids is 1. The normalized spacial score (nSPS) is 12.5. The predicted octanol–water partition coefficient (Wildman–Crippen LogP) is 1.46. The maximum atomic E-state index is 11.1. The van der Waals surface area contributed by atoms with Gasteiger partial charge in [0.05, 0.1) is 13.5 Å². The van der Waals surface area contributed by atoms with Crippen LogP contribution in [0.5, 0.6) is 0 Å². The van der Waals surface area contributed by atoms with Gasteiger partial charge >= 0.3 is 5.97 Å². The van der Waals surface area contributed by atoms with E-state index in [4.69, 9.17) is 0 Å². The number of pyridine rings is 1. The molecule has 0 amide bonds. The minimum Gasteiger partial charge on any atom is -0.469 e. The maximum absolute atomic E-state index is 11.1. The highest BCUT2D eigenvalue weighted by Gasteiger charge is 2.14. The van der Waals surface area contributed by atoms with E-state index in [0.29, 0.717) is 6.42 Å². The molecule has 1 rings (SSSR count). The highest BCUT2D eigenvalue weighted by Crippen LogP contribution is 2.08. The van der Waals surface area contributed by atoms with Crippen LogP contribution in [0, 0.1) is 0 Å². The van der Waals surface area contributed by atoms with Crippen molar-refractivity contribution in [1.82, 2.24) is 9.88 Å². The molecular formula is C12H18N2O2. The first-order valence-electron chi connectivity index (χ1n) is 5.29. The van der Waals surface area contributed by atoms with Crippen molar-refractivity contribution >= 4 is 5.97 Å². The molecule has 0 aromatic carbocycles. The fraction of sp³-hybridized carbons (Fsp3) is 0.500. The summed E-state index contributed by atoms with van der Waals surface area (Å²) in [4.78, 5) is 17.2. The Morgan fingerprint density at radius 2 is 2.12 bits per heavy atom. The van der Waals surface area contributed by atoms with Crippen LogP contribution in [0.3, 0.4) is 0 Å². The van der Waals surface area contributed by atoms with Crippen molar-refractivity contribution in [3.63, 3.8) is 0 Å². The Balaban J connectivity index is 2.46. The molecule has 0 aliphatic heterocycles. The van der Waals surface area contributed by atoms with E-state index in [2.05, 4.69) is 14.6 Å². The molecule has 0 spiro atoms. The van der Waals surface area contributed by atoms with Crippen LogP contribution in [0.15, 0.2) is 24.5 Å². The van der Waals surface area contributed by atoms with Gasteiger partial charge in [0.2, 0.25) is 0 Å². The van der Waals surface area contributed by atoms with Crippen molar-refractivity contribution < 1.29 is 9.53 Å². The van der Waals surface area contributed by atoms with Gasteiger partial charge in [-0.1, -0.05) is 0 Å². The van der Waals surface area contributed by atoms with E-state index >= 15 is 0 Å².